The van der Waals surface area contributed by atoms with Crippen LogP contribution in [-0.2, 0) is 48.0 Å². The van der Waals surface area contributed by atoms with E-state index in [-0.39, 0.29) is 25.0 Å². The first-order valence-corrected chi connectivity index (χ1v) is 18.4. The summed E-state index contributed by atoms with van der Waals surface area (Å²) in [6.07, 6.45) is 2.64. The van der Waals surface area contributed by atoms with Crippen LogP contribution in [0.25, 0.3) is 0 Å². The van der Waals surface area contributed by atoms with E-state index in [0.717, 1.165) is 5.56 Å². The molecule has 0 fully saturated rings. The van der Waals surface area contributed by atoms with Crippen molar-refractivity contribution in [3.8, 4) is 5.75 Å². The maximum Gasteiger partial charge on any atom is 0.261 e. The molecule has 53 heavy (non-hydrogen) atoms. The Balaban J connectivity index is 1.59. The summed E-state index contributed by atoms with van der Waals surface area (Å²) in [5.41, 5.74) is 18.9. The Hall–Kier alpha value is -5.45. The standard InChI is InChI=1S/C37H48N8O7S/c1-23(41-35(50)29(39)19-26-13-15-27(46)16-14-26)33(48)40-22-32(47)42-30(20-24-9-5-3-6-10-24)36(51)44-45-37(52)31(21-25-11-7-4-8-12-25)43-34(49)28(38)17-18-53-2/h3-16,23,28-31,46H,17-22,38-39H2,1-2H3,(H,40,48)(H,41,50)(H,42,47)(H,43,49)(H,44,51)(H,45,52)/t23-,28?,29+,30+,31-/m1/s1. The van der Waals surface area contributed by atoms with Crippen molar-refractivity contribution in [1.29, 1.82) is 0 Å². The first kappa shape index (κ1) is 42.0. The molecule has 11 N–H and O–H groups in total. The lowest BCUT2D eigenvalue weighted by Gasteiger charge is -2.23. The molecule has 0 aliphatic heterocycles. The molecule has 1 unspecified atom stereocenters. The molecule has 0 heterocycles. The van der Waals surface area contributed by atoms with Gasteiger partial charge in [0.25, 0.3) is 11.8 Å². The predicted molar refractivity (Wildman–Crippen MR) is 202 cm³/mol. The molecular formula is C37H48N8O7S. The van der Waals surface area contributed by atoms with Crippen LogP contribution < -0.4 is 43.6 Å². The number of phenolic OH excluding ortho intramolecular Hbond substituents is 1. The molecule has 0 spiro atoms. The second kappa shape index (κ2) is 21.8. The highest BCUT2D eigenvalue weighted by molar-refractivity contribution is 7.98. The van der Waals surface area contributed by atoms with E-state index in [0.29, 0.717) is 23.3 Å². The van der Waals surface area contributed by atoms with Crippen molar-refractivity contribution in [1.82, 2.24) is 32.1 Å². The van der Waals surface area contributed by atoms with Crippen LogP contribution in [0.15, 0.2) is 84.9 Å². The van der Waals surface area contributed by atoms with E-state index in [1.807, 2.05) is 12.3 Å². The summed E-state index contributed by atoms with van der Waals surface area (Å²) in [5, 5.41) is 19.6. The van der Waals surface area contributed by atoms with E-state index in [2.05, 4.69) is 32.1 Å². The second-order valence-corrected chi connectivity index (χ2v) is 13.3. The van der Waals surface area contributed by atoms with Crippen LogP contribution in [-0.4, -0.2) is 89.3 Å². The molecule has 0 aliphatic carbocycles. The highest BCUT2D eigenvalue weighted by atomic mass is 32.2. The molecule has 0 saturated carbocycles. The predicted octanol–water partition coefficient (Wildman–Crippen LogP) is -0.434. The molecule has 15 nitrogen and oxygen atoms in total. The van der Waals surface area contributed by atoms with Gasteiger partial charge in [0, 0.05) is 12.8 Å². The van der Waals surface area contributed by atoms with Gasteiger partial charge in [-0.2, -0.15) is 11.8 Å². The van der Waals surface area contributed by atoms with Crippen molar-refractivity contribution >= 4 is 47.2 Å². The van der Waals surface area contributed by atoms with Crippen molar-refractivity contribution in [2.75, 3.05) is 18.6 Å². The van der Waals surface area contributed by atoms with E-state index in [1.54, 1.807) is 78.5 Å². The number of amides is 6. The minimum atomic E-state index is -1.18. The molecule has 0 radical (unpaired) electrons. The number of aromatic hydroxyl groups is 1. The van der Waals surface area contributed by atoms with Gasteiger partial charge in [0.05, 0.1) is 18.6 Å². The van der Waals surface area contributed by atoms with E-state index in [1.165, 1.54) is 19.1 Å². The Morgan fingerprint density at radius 2 is 1.11 bits per heavy atom. The van der Waals surface area contributed by atoms with Crippen molar-refractivity contribution in [2.45, 2.75) is 62.8 Å². The van der Waals surface area contributed by atoms with Gasteiger partial charge in [0.15, 0.2) is 0 Å². The summed E-state index contributed by atoms with van der Waals surface area (Å²) in [4.78, 5) is 77.8. The molecule has 16 heteroatoms. The number of phenols is 1. The van der Waals surface area contributed by atoms with Gasteiger partial charge in [-0.25, -0.2) is 0 Å². The van der Waals surface area contributed by atoms with Gasteiger partial charge in [0.2, 0.25) is 23.6 Å². The quantitative estimate of drug-likeness (QED) is 0.0716. The summed E-state index contributed by atoms with van der Waals surface area (Å²) in [6.45, 7) is 0.906. The molecule has 3 rings (SSSR count). The molecule has 6 amide bonds. The lowest BCUT2D eigenvalue weighted by Crippen LogP contribution is -2.59. The van der Waals surface area contributed by atoms with Crippen LogP contribution >= 0.6 is 11.8 Å². The van der Waals surface area contributed by atoms with Gasteiger partial charge in [-0.05, 0) is 60.6 Å². The number of hydrazine groups is 1. The highest BCUT2D eigenvalue weighted by Gasteiger charge is 2.27. The number of nitrogens with one attached hydrogen (secondary N) is 6. The normalized spacial score (nSPS) is 13.6. The summed E-state index contributed by atoms with van der Waals surface area (Å²) in [7, 11) is 0. The average Bonchev–Trinajstić information content (AvgIpc) is 3.15. The number of hydrogen-bond donors (Lipinski definition) is 9. The van der Waals surface area contributed by atoms with Crippen molar-refractivity contribution in [2.24, 2.45) is 11.5 Å². The zero-order valence-electron chi connectivity index (χ0n) is 29.7. The first-order valence-electron chi connectivity index (χ1n) is 17.0. The molecule has 0 bridgehead atoms. The van der Waals surface area contributed by atoms with Crippen LogP contribution in [0.4, 0.5) is 0 Å². The third kappa shape index (κ3) is 15.0. The fourth-order valence-electron chi connectivity index (χ4n) is 5.00. The summed E-state index contributed by atoms with van der Waals surface area (Å²) < 4.78 is 0. The topological polar surface area (TPSA) is 247 Å². The van der Waals surface area contributed by atoms with E-state index in [9.17, 15) is 33.9 Å². The van der Waals surface area contributed by atoms with Gasteiger partial charge in [0.1, 0.15) is 23.9 Å². The molecule has 0 aromatic heterocycles. The molecule has 284 valence electrons. The average molecular weight is 749 g/mol. The number of carbonyl (C=O) groups excluding carboxylic acids is 6. The minimum absolute atomic E-state index is 0.0437. The van der Waals surface area contributed by atoms with Gasteiger partial charge in [-0.15, -0.1) is 0 Å². The van der Waals surface area contributed by atoms with Gasteiger partial charge in [-0.3, -0.25) is 39.6 Å². The fraction of sp³-hybridized carbons (Fsp3) is 0.351. The number of rotatable bonds is 19. The largest absolute Gasteiger partial charge is 0.508 e. The molecule has 0 aliphatic rings. The van der Waals surface area contributed by atoms with E-state index < -0.39 is 72.2 Å². The van der Waals surface area contributed by atoms with Crippen molar-refractivity contribution in [3.05, 3.63) is 102 Å². The van der Waals surface area contributed by atoms with Crippen molar-refractivity contribution < 1.29 is 33.9 Å². The third-order valence-electron chi connectivity index (χ3n) is 8.03. The van der Waals surface area contributed by atoms with Crippen LogP contribution in [0, 0.1) is 0 Å². The Morgan fingerprint density at radius 1 is 0.623 bits per heavy atom. The van der Waals surface area contributed by atoms with Crippen LogP contribution in [0.2, 0.25) is 0 Å². The van der Waals surface area contributed by atoms with E-state index in [4.69, 9.17) is 11.5 Å². The van der Waals surface area contributed by atoms with Gasteiger partial charge < -0.3 is 37.8 Å². The number of hydrogen-bond acceptors (Lipinski definition) is 10. The lowest BCUT2D eigenvalue weighted by atomic mass is 10.0. The molecule has 3 aromatic rings. The summed E-state index contributed by atoms with van der Waals surface area (Å²) in [5.74, 6) is -3.20. The number of carbonyl (C=O) groups is 6. The van der Waals surface area contributed by atoms with E-state index >= 15 is 0 Å². The van der Waals surface area contributed by atoms with Crippen LogP contribution in [0.3, 0.4) is 0 Å². The third-order valence-corrected chi connectivity index (χ3v) is 8.68. The Kier molecular flexibility index (Phi) is 17.3. The lowest BCUT2D eigenvalue weighted by molar-refractivity contribution is -0.134. The first-order chi connectivity index (χ1) is 25.4. The maximum atomic E-state index is 13.4. The smallest absolute Gasteiger partial charge is 0.261 e. The Bertz CT molecular complexity index is 1660. The van der Waals surface area contributed by atoms with Gasteiger partial charge >= 0.3 is 0 Å². The zero-order valence-corrected chi connectivity index (χ0v) is 30.5. The molecule has 3 aromatic carbocycles. The molecular weight excluding hydrogens is 701 g/mol. The molecule has 0 saturated heterocycles. The van der Waals surface area contributed by atoms with Crippen LogP contribution in [0.5, 0.6) is 5.75 Å². The SMILES string of the molecule is CSCCC(N)C(=O)N[C@H](Cc1ccccc1)C(=O)NNC(=O)[C@H](Cc1ccccc1)NC(=O)CNC(=O)[C@@H](C)NC(=O)[C@@H](N)Cc1ccc(O)cc1. The van der Waals surface area contributed by atoms with Crippen molar-refractivity contribution in [3.63, 3.8) is 0 Å². The monoisotopic (exact) mass is 748 g/mol. The second-order valence-electron chi connectivity index (χ2n) is 12.4. The Morgan fingerprint density at radius 3 is 1.64 bits per heavy atom. The zero-order chi connectivity index (χ0) is 38.8. The minimum Gasteiger partial charge on any atom is -0.508 e. The highest BCUT2D eigenvalue weighted by Crippen LogP contribution is 2.11. The maximum absolute atomic E-state index is 13.4. The summed E-state index contributed by atoms with van der Waals surface area (Å²) >= 11 is 1.54. The van der Waals surface area contributed by atoms with Crippen LogP contribution in [0.1, 0.15) is 30.0 Å². The number of nitrogens with two attached hydrogens (primary N) is 2. The Labute approximate surface area is 312 Å². The molecule has 5 atom stereocenters. The summed E-state index contributed by atoms with van der Waals surface area (Å²) in [6, 6.07) is 19.0. The number of benzene rings is 3. The van der Waals surface area contributed by atoms with Gasteiger partial charge in [-0.1, -0.05) is 72.8 Å². The number of thioether (sulfide) groups is 1. The fourth-order valence-corrected chi connectivity index (χ4v) is 5.49.